The molecule has 0 saturated heterocycles. The van der Waals surface area contributed by atoms with Gasteiger partial charge in [-0.05, 0) is 31.2 Å². The van der Waals surface area contributed by atoms with E-state index in [-0.39, 0.29) is 23.6 Å². The number of alkyl halides is 2. The van der Waals surface area contributed by atoms with Crippen LogP contribution in [0.3, 0.4) is 0 Å². The summed E-state index contributed by atoms with van der Waals surface area (Å²) in [7, 11) is 0. The Morgan fingerprint density at radius 1 is 1.33 bits per heavy atom. The lowest BCUT2D eigenvalue weighted by Crippen LogP contribution is -2.36. The lowest BCUT2D eigenvalue weighted by atomic mass is 10.1. The van der Waals surface area contributed by atoms with Gasteiger partial charge in [0.15, 0.2) is 0 Å². The van der Waals surface area contributed by atoms with Gasteiger partial charge in [0.1, 0.15) is 5.75 Å². The second-order valence-corrected chi connectivity index (χ2v) is 4.89. The topological polar surface area (TPSA) is 50.4 Å². The minimum atomic E-state index is -2.86. The number of carbonyl (C=O) groups excluding carboxylic acids is 1. The molecule has 4 nitrogen and oxygen atoms in total. The number of amides is 1. The fourth-order valence-electron chi connectivity index (χ4n) is 1.85. The van der Waals surface area contributed by atoms with Crippen LogP contribution >= 0.6 is 0 Å². The molecular formula is C15H22F2N2O2. The molecule has 0 fully saturated rings. The summed E-state index contributed by atoms with van der Waals surface area (Å²) in [5, 5.41) is 5.97. The molecule has 1 rings (SSSR count). The number of carbonyl (C=O) groups is 1. The Kier molecular flexibility index (Phi) is 7.08. The molecule has 0 spiro atoms. The molecule has 0 radical (unpaired) electrons. The number of hydrogen-bond acceptors (Lipinski definition) is 3. The second-order valence-electron chi connectivity index (χ2n) is 4.89. The van der Waals surface area contributed by atoms with E-state index >= 15 is 0 Å². The van der Waals surface area contributed by atoms with Crippen LogP contribution in [0.15, 0.2) is 24.3 Å². The minimum absolute atomic E-state index is 0.0800. The number of hydrogen-bond donors (Lipinski definition) is 2. The first-order chi connectivity index (χ1) is 9.93. The van der Waals surface area contributed by atoms with E-state index in [9.17, 15) is 13.6 Å². The maximum absolute atomic E-state index is 12.2. The summed E-state index contributed by atoms with van der Waals surface area (Å²) in [5.74, 6) is -0.152. The largest absolute Gasteiger partial charge is 0.435 e. The molecule has 0 aliphatic carbocycles. The van der Waals surface area contributed by atoms with Gasteiger partial charge in [0.05, 0.1) is 6.04 Å². The summed E-state index contributed by atoms with van der Waals surface area (Å²) in [4.78, 5) is 12.0. The van der Waals surface area contributed by atoms with Gasteiger partial charge in [-0.25, -0.2) is 0 Å². The molecule has 21 heavy (non-hydrogen) atoms. The molecule has 118 valence electrons. The Bertz CT molecular complexity index is 455. The molecule has 1 amide bonds. The van der Waals surface area contributed by atoms with E-state index in [1.54, 1.807) is 19.1 Å². The van der Waals surface area contributed by atoms with Gasteiger partial charge in [-0.2, -0.15) is 8.78 Å². The molecule has 0 aliphatic heterocycles. The second kappa shape index (κ2) is 8.56. The van der Waals surface area contributed by atoms with E-state index in [4.69, 9.17) is 0 Å². The normalized spacial score (nSPS) is 13.8. The van der Waals surface area contributed by atoms with Crippen molar-refractivity contribution in [1.29, 1.82) is 0 Å². The highest BCUT2D eigenvalue weighted by Gasteiger charge is 2.16. The highest BCUT2D eigenvalue weighted by atomic mass is 19.3. The molecule has 0 saturated carbocycles. The van der Waals surface area contributed by atoms with E-state index in [2.05, 4.69) is 15.4 Å². The van der Waals surface area contributed by atoms with Crippen molar-refractivity contribution >= 4 is 5.91 Å². The average Bonchev–Trinajstić information content (AvgIpc) is 2.44. The van der Waals surface area contributed by atoms with E-state index in [0.717, 1.165) is 12.1 Å². The molecule has 6 heteroatoms. The third-order valence-corrected chi connectivity index (χ3v) is 3.09. The quantitative estimate of drug-likeness (QED) is 0.776. The number of halogens is 2. The van der Waals surface area contributed by atoms with Gasteiger partial charge in [0.25, 0.3) is 0 Å². The van der Waals surface area contributed by atoms with Crippen molar-refractivity contribution in [2.45, 2.75) is 33.4 Å². The zero-order chi connectivity index (χ0) is 15.8. The standard InChI is InChI=1S/C15H22F2N2O2/c1-4-18-9-10(2)14(20)19-11(3)12-6-5-7-13(8-12)21-15(16)17/h5-8,10-11,15,18H,4,9H2,1-3H3,(H,19,20). The van der Waals surface area contributed by atoms with E-state index < -0.39 is 6.61 Å². The third-order valence-electron chi connectivity index (χ3n) is 3.09. The zero-order valence-corrected chi connectivity index (χ0v) is 12.5. The predicted molar refractivity (Wildman–Crippen MR) is 77.3 cm³/mol. The van der Waals surface area contributed by atoms with Crippen molar-refractivity contribution in [1.82, 2.24) is 10.6 Å². The van der Waals surface area contributed by atoms with Gasteiger partial charge in [-0.15, -0.1) is 0 Å². The van der Waals surface area contributed by atoms with Crippen LogP contribution in [-0.4, -0.2) is 25.6 Å². The highest BCUT2D eigenvalue weighted by molar-refractivity contribution is 5.79. The molecular weight excluding hydrogens is 278 g/mol. The molecule has 1 aromatic rings. The van der Waals surface area contributed by atoms with Gasteiger partial charge in [0.2, 0.25) is 5.91 Å². The molecule has 2 unspecified atom stereocenters. The summed E-state index contributed by atoms with van der Waals surface area (Å²) in [6, 6.07) is 6.07. The summed E-state index contributed by atoms with van der Waals surface area (Å²) in [5.41, 5.74) is 0.720. The summed E-state index contributed by atoms with van der Waals surface area (Å²) in [6.07, 6.45) is 0. The first-order valence-electron chi connectivity index (χ1n) is 6.99. The minimum Gasteiger partial charge on any atom is -0.435 e. The van der Waals surface area contributed by atoms with Crippen LogP contribution in [0.4, 0.5) is 8.78 Å². The van der Waals surface area contributed by atoms with Crippen LogP contribution in [0.5, 0.6) is 5.75 Å². The zero-order valence-electron chi connectivity index (χ0n) is 12.5. The molecule has 0 bridgehead atoms. The van der Waals surface area contributed by atoms with Gasteiger partial charge in [-0.1, -0.05) is 26.0 Å². The van der Waals surface area contributed by atoms with E-state index in [0.29, 0.717) is 6.54 Å². The Hall–Kier alpha value is -1.69. The van der Waals surface area contributed by atoms with E-state index in [1.807, 2.05) is 13.8 Å². The van der Waals surface area contributed by atoms with Crippen LogP contribution in [0.2, 0.25) is 0 Å². The molecule has 0 aromatic heterocycles. The summed E-state index contributed by atoms with van der Waals surface area (Å²) >= 11 is 0. The van der Waals surface area contributed by atoms with Crippen LogP contribution in [-0.2, 0) is 4.79 Å². The third kappa shape index (κ3) is 6.08. The van der Waals surface area contributed by atoms with E-state index in [1.165, 1.54) is 12.1 Å². The van der Waals surface area contributed by atoms with Crippen molar-refractivity contribution in [3.8, 4) is 5.75 Å². The Morgan fingerprint density at radius 2 is 2.05 bits per heavy atom. The molecule has 0 aliphatic rings. The monoisotopic (exact) mass is 300 g/mol. The lowest BCUT2D eigenvalue weighted by molar-refractivity contribution is -0.125. The SMILES string of the molecule is CCNCC(C)C(=O)NC(C)c1cccc(OC(F)F)c1. The van der Waals surface area contributed by atoms with Crippen LogP contribution < -0.4 is 15.4 Å². The fraction of sp³-hybridized carbons (Fsp3) is 0.533. The van der Waals surface area contributed by atoms with Crippen molar-refractivity contribution in [2.75, 3.05) is 13.1 Å². The average molecular weight is 300 g/mol. The number of benzene rings is 1. The lowest BCUT2D eigenvalue weighted by Gasteiger charge is -2.18. The van der Waals surface area contributed by atoms with Crippen molar-refractivity contribution in [3.05, 3.63) is 29.8 Å². The van der Waals surface area contributed by atoms with Crippen molar-refractivity contribution in [2.24, 2.45) is 5.92 Å². The van der Waals surface area contributed by atoms with Gasteiger partial charge in [-0.3, -0.25) is 4.79 Å². The first-order valence-corrected chi connectivity index (χ1v) is 6.99. The summed E-state index contributed by atoms with van der Waals surface area (Å²) in [6.45, 7) is 4.16. The summed E-state index contributed by atoms with van der Waals surface area (Å²) < 4.78 is 28.7. The van der Waals surface area contributed by atoms with Crippen LogP contribution in [0, 0.1) is 5.92 Å². The Labute approximate surface area is 123 Å². The molecule has 2 atom stereocenters. The van der Waals surface area contributed by atoms with Crippen molar-refractivity contribution in [3.63, 3.8) is 0 Å². The van der Waals surface area contributed by atoms with Crippen LogP contribution in [0.1, 0.15) is 32.4 Å². The first kappa shape index (κ1) is 17.4. The molecule has 1 aromatic carbocycles. The Balaban J connectivity index is 2.62. The van der Waals surface area contributed by atoms with Crippen LogP contribution in [0.25, 0.3) is 0 Å². The van der Waals surface area contributed by atoms with Gasteiger partial charge in [0, 0.05) is 12.5 Å². The predicted octanol–water partition coefficient (Wildman–Crippen LogP) is 2.71. The maximum Gasteiger partial charge on any atom is 0.387 e. The van der Waals surface area contributed by atoms with Gasteiger partial charge >= 0.3 is 6.61 Å². The van der Waals surface area contributed by atoms with Gasteiger partial charge < -0.3 is 15.4 Å². The fourth-order valence-corrected chi connectivity index (χ4v) is 1.85. The highest BCUT2D eigenvalue weighted by Crippen LogP contribution is 2.20. The number of ether oxygens (including phenoxy) is 1. The molecule has 2 N–H and O–H groups in total. The number of nitrogens with one attached hydrogen (secondary N) is 2. The maximum atomic E-state index is 12.2. The number of rotatable bonds is 8. The Morgan fingerprint density at radius 3 is 2.67 bits per heavy atom. The smallest absolute Gasteiger partial charge is 0.387 e. The molecule has 0 heterocycles. The van der Waals surface area contributed by atoms with Crippen molar-refractivity contribution < 1.29 is 18.3 Å².